The van der Waals surface area contributed by atoms with Crippen molar-refractivity contribution in [1.29, 1.82) is 0 Å². The van der Waals surface area contributed by atoms with E-state index in [0.717, 1.165) is 19.0 Å². The van der Waals surface area contributed by atoms with Gasteiger partial charge in [0.2, 0.25) is 0 Å². The molecule has 0 saturated heterocycles. The molecule has 0 saturated carbocycles. The van der Waals surface area contributed by atoms with Crippen molar-refractivity contribution in [3.05, 3.63) is 0 Å². The third-order valence-corrected chi connectivity index (χ3v) is 1.63. The smallest absolute Gasteiger partial charge is 0.123 e. The first-order valence-electron chi connectivity index (χ1n) is 4.01. The monoisotopic (exact) mass is 155 g/mol. The zero-order valence-electron chi connectivity index (χ0n) is 7.81. The van der Waals surface area contributed by atoms with Gasteiger partial charge >= 0.3 is 0 Å². The molecule has 64 valence electrons. The predicted molar refractivity (Wildman–Crippen MR) is 47.3 cm³/mol. The molecule has 1 heterocycles. The molecule has 1 aliphatic heterocycles. The summed E-state index contributed by atoms with van der Waals surface area (Å²) < 4.78 is 0. The molecule has 1 rings (SSSR count). The predicted octanol–water partition coefficient (Wildman–Crippen LogP) is 1.23. The Kier molecular flexibility index (Phi) is 2.07. The van der Waals surface area contributed by atoms with Crippen LogP contribution in [0.4, 0.5) is 0 Å². The average molecular weight is 155 g/mol. The first-order valence-corrected chi connectivity index (χ1v) is 4.01. The lowest BCUT2D eigenvalue weighted by molar-refractivity contribution is 0.278. The highest BCUT2D eigenvalue weighted by Crippen LogP contribution is 2.15. The molecule has 0 fully saturated rings. The van der Waals surface area contributed by atoms with Gasteiger partial charge in [-0.1, -0.05) is 20.8 Å². The number of hydrazone groups is 1. The fourth-order valence-electron chi connectivity index (χ4n) is 1.16. The van der Waals surface area contributed by atoms with Crippen LogP contribution < -0.4 is 5.43 Å². The summed E-state index contributed by atoms with van der Waals surface area (Å²) in [5.74, 6) is 1.10. The van der Waals surface area contributed by atoms with E-state index in [9.17, 15) is 0 Å². The number of hydrogen-bond acceptors (Lipinski definition) is 3. The number of rotatable bonds is 1. The van der Waals surface area contributed by atoms with Crippen LogP contribution in [0.1, 0.15) is 27.7 Å². The van der Waals surface area contributed by atoms with Crippen LogP contribution in [0.25, 0.3) is 0 Å². The minimum absolute atomic E-state index is 0.350. The van der Waals surface area contributed by atoms with E-state index in [1.165, 1.54) is 0 Å². The van der Waals surface area contributed by atoms with Gasteiger partial charge in [0.1, 0.15) is 12.5 Å². The van der Waals surface area contributed by atoms with E-state index in [2.05, 4.69) is 36.2 Å². The summed E-state index contributed by atoms with van der Waals surface area (Å²) in [6.45, 7) is 10.7. The molecule has 11 heavy (non-hydrogen) atoms. The van der Waals surface area contributed by atoms with Crippen molar-refractivity contribution in [2.24, 2.45) is 10.5 Å². The maximum atomic E-state index is 4.09. The van der Waals surface area contributed by atoms with Crippen molar-refractivity contribution in [2.75, 3.05) is 13.2 Å². The topological polar surface area (TPSA) is 27.6 Å². The quantitative estimate of drug-likeness (QED) is 0.616. The van der Waals surface area contributed by atoms with Crippen molar-refractivity contribution in [1.82, 2.24) is 10.3 Å². The second-order valence-electron chi connectivity index (χ2n) is 4.23. The Morgan fingerprint density at radius 1 is 1.55 bits per heavy atom. The van der Waals surface area contributed by atoms with Gasteiger partial charge < -0.3 is 4.90 Å². The lowest BCUT2D eigenvalue weighted by atomic mass is 9.96. The standard InChI is InChI=1S/C8H17N3/c1-7-10-9-6-11(7)5-8(2,3)4/h9H,5-6H2,1-4H3. The minimum atomic E-state index is 0.350. The molecular weight excluding hydrogens is 138 g/mol. The van der Waals surface area contributed by atoms with E-state index in [-0.39, 0.29) is 0 Å². The Hall–Kier alpha value is -0.730. The fraction of sp³-hybridized carbons (Fsp3) is 0.875. The first kappa shape index (κ1) is 8.37. The summed E-state index contributed by atoms with van der Waals surface area (Å²) >= 11 is 0. The second-order valence-corrected chi connectivity index (χ2v) is 4.23. The molecule has 0 aromatic carbocycles. The maximum Gasteiger partial charge on any atom is 0.123 e. The van der Waals surface area contributed by atoms with Gasteiger partial charge in [-0.3, -0.25) is 5.43 Å². The maximum absolute atomic E-state index is 4.09. The summed E-state index contributed by atoms with van der Waals surface area (Å²) in [4.78, 5) is 2.25. The highest BCUT2D eigenvalue weighted by Gasteiger charge is 2.19. The van der Waals surface area contributed by atoms with Gasteiger partial charge in [0.15, 0.2) is 0 Å². The van der Waals surface area contributed by atoms with Gasteiger partial charge in [0.25, 0.3) is 0 Å². The van der Waals surface area contributed by atoms with Crippen LogP contribution in [-0.2, 0) is 0 Å². The van der Waals surface area contributed by atoms with Crippen LogP contribution in [0, 0.1) is 5.41 Å². The number of nitrogens with zero attached hydrogens (tertiary/aromatic N) is 2. The third kappa shape index (κ3) is 2.41. The van der Waals surface area contributed by atoms with Crippen molar-refractivity contribution in [3.63, 3.8) is 0 Å². The van der Waals surface area contributed by atoms with E-state index in [4.69, 9.17) is 0 Å². The van der Waals surface area contributed by atoms with Gasteiger partial charge in [-0.2, -0.15) is 5.10 Å². The van der Waals surface area contributed by atoms with Gasteiger partial charge in [-0.25, -0.2) is 0 Å². The van der Waals surface area contributed by atoms with E-state index in [0.29, 0.717) is 5.41 Å². The van der Waals surface area contributed by atoms with Gasteiger partial charge in [0, 0.05) is 6.54 Å². The Balaban J connectivity index is 2.45. The van der Waals surface area contributed by atoms with Gasteiger partial charge in [0.05, 0.1) is 0 Å². The first-order chi connectivity index (χ1) is 4.99. The molecule has 0 aliphatic carbocycles. The zero-order valence-corrected chi connectivity index (χ0v) is 7.81. The van der Waals surface area contributed by atoms with Crippen LogP contribution in [0.2, 0.25) is 0 Å². The van der Waals surface area contributed by atoms with Crippen LogP contribution >= 0.6 is 0 Å². The second kappa shape index (κ2) is 2.72. The zero-order chi connectivity index (χ0) is 8.48. The molecule has 0 aromatic heterocycles. The van der Waals surface area contributed by atoms with E-state index in [1.807, 2.05) is 6.92 Å². The molecule has 0 spiro atoms. The SMILES string of the molecule is CC1=NNCN1CC(C)(C)C. The van der Waals surface area contributed by atoms with Crippen molar-refractivity contribution < 1.29 is 0 Å². The van der Waals surface area contributed by atoms with E-state index >= 15 is 0 Å². The average Bonchev–Trinajstić information content (AvgIpc) is 2.12. The Bertz CT molecular complexity index is 167. The largest absolute Gasteiger partial charge is 0.339 e. The van der Waals surface area contributed by atoms with Crippen molar-refractivity contribution in [3.8, 4) is 0 Å². The normalized spacial score (nSPS) is 18.2. The molecule has 0 bridgehead atoms. The molecule has 1 aliphatic rings. The Labute approximate surface area is 68.5 Å². The molecule has 3 nitrogen and oxygen atoms in total. The molecule has 3 heteroatoms. The molecule has 0 unspecified atom stereocenters. The van der Waals surface area contributed by atoms with E-state index in [1.54, 1.807) is 0 Å². The van der Waals surface area contributed by atoms with Crippen LogP contribution in [0.5, 0.6) is 0 Å². The highest BCUT2D eigenvalue weighted by molar-refractivity contribution is 5.80. The van der Waals surface area contributed by atoms with Gasteiger partial charge in [-0.15, -0.1) is 0 Å². The van der Waals surface area contributed by atoms with Crippen LogP contribution in [-0.4, -0.2) is 23.9 Å². The number of nitrogens with one attached hydrogen (secondary N) is 1. The summed E-state index contributed by atoms with van der Waals surface area (Å²) in [5.41, 5.74) is 3.31. The van der Waals surface area contributed by atoms with Crippen LogP contribution in [0.3, 0.4) is 0 Å². The third-order valence-electron chi connectivity index (χ3n) is 1.63. The summed E-state index contributed by atoms with van der Waals surface area (Å²) in [7, 11) is 0. The highest BCUT2D eigenvalue weighted by atomic mass is 15.5. The summed E-state index contributed by atoms with van der Waals surface area (Å²) in [5, 5.41) is 4.09. The Morgan fingerprint density at radius 3 is 2.55 bits per heavy atom. The molecule has 0 aromatic rings. The van der Waals surface area contributed by atoms with Crippen molar-refractivity contribution in [2.45, 2.75) is 27.7 Å². The minimum Gasteiger partial charge on any atom is -0.339 e. The number of hydrogen-bond donors (Lipinski definition) is 1. The molecule has 0 amide bonds. The lowest BCUT2D eigenvalue weighted by Crippen LogP contribution is -2.35. The molecule has 1 N–H and O–H groups in total. The number of amidine groups is 1. The summed E-state index contributed by atoms with van der Waals surface area (Å²) in [6.07, 6.45) is 0. The molecular formula is C8H17N3. The summed E-state index contributed by atoms with van der Waals surface area (Å²) in [6, 6.07) is 0. The van der Waals surface area contributed by atoms with Crippen molar-refractivity contribution >= 4 is 5.84 Å². The van der Waals surface area contributed by atoms with E-state index < -0.39 is 0 Å². The van der Waals surface area contributed by atoms with Gasteiger partial charge in [-0.05, 0) is 12.3 Å². The molecule has 0 radical (unpaired) electrons. The fourth-order valence-corrected chi connectivity index (χ4v) is 1.16. The Morgan fingerprint density at radius 2 is 2.18 bits per heavy atom. The lowest BCUT2D eigenvalue weighted by Gasteiger charge is -2.26. The van der Waals surface area contributed by atoms with Crippen LogP contribution in [0.15, 0.2) is 5.10 Å². The molecule has 0 atom stereocenters.